The van der Waals surface area contributed by atoms with Crippen LogP contribution < -0.4 is 4.74 Å². The molecule has 0 N–H and O–H groups in total. The van der Waals surface area contributed by atoms with Crippen LogP contribution in [0.1, 0.15) is 25.3 Å². The second-order valence-electron chi connectivity index (χ2n) is 3.90. The van der Waals surface area contributed by atoms with Gasteiger partial charge in [0, 0.05) is 5.56 Å². The smallest absolute Gasteiger partial charge is 0.348 e. The predicted molar refractivity (Wildman–Crippen MR) is 72.5 cm³/mol. The average Bonchev–Trinajstić information content (AvgIpc) is 2.45. The Morgan fingerprint density at radius 2 is 2.16 bits per heavy atom. The Balaban J connectivity index is 2.96. The SMILES string of the molecule is CCCCOc1ccccc1C=C(C#N)C(=O)OC. The zero-order valence-electron chi connectivity index (χ0n) is 11.2. The first-order valence-electron chi connectivity index (χ1n) is 6.14. The Morgan fingerprint density at radius 1 is 1.42 bits per heavy atom. The molecular formula is C15H17NO3. The van der Waals surface area contributed by atoms with Crippen molar-refractivity contribution in [3.63, 3.8) is 0 Å². The molecule has 1 rings (SSSR count). The summed E-state index contributed by atoms with van der Waals surface area (Å²) in [5.41, 5.74) is 0.648. The number of benzene rings is 1. The van der Waals surface area contributed by atoms with Gasteiger partial charge in [0.2, 0.25) is 0 Å². The van der Waals surface area contributed by atoms with Gasteiger partial charge in [-0.25, -0.2) is 4.79 Å². The maximum absolute atomic E-state index is 11.4. The summed E-state index contributed by atoms with van der Waals surface area (Å²) in [5, 5.41) is 8.93. The maximum atomic E-state index is 11.4. The van der Waals surface area contributed by atoms with Crippen LogP contribution in [0.3, 0.4) is 0 Å². The first kappa shape index (κ1) is 14.8. The van der Waals surface area contributed by atoms with Crippen LogP contribution >= 0.6 is 0 Å². The van der Waals surface area contributed by atoms with E-state index in [0.29, 0.717) is 17.9 Å². The molecule has 0 spiro atoms. The molecule has 0 heterocycles. The molecule has 0 saturated heterocycles. The molecule has 0 atom stereocenters. The van der Waals surface area contributed by atoms with Crippen LogP contribution in [0.5, 0.6) is 5.75 Å². The summed E-state index contributed by atoms with van der Waals surface area (Å²) < 4.78 is 10.2. The van der Waals surface area contributed by atoms with Gasteiger partial charge in [-0.15, -0.1) is 0 Å². The van der Waals surface area contributed by atoms with Crippen LogP contribution in [0.2, 0.25) is 0 Å². The van der Waals surface area contributed by atoms with Crippen molar-refractivity contribution in [2.24, 2.45) is 0 Å². The summed E-state index contributed by atoms with van der Waals surface area (Å²) in [4.78, 5) is 11.4. The summed E-state index contributed by atoms with van der Waals surface area (Å²) in [7, 11) is 1.25. The molecule has 0 aliphatic rings. The largest absolute Gasteiger partial charge is 0.493 e. The van der Waals surface area contributed by atoms with Gasteiger partial charge in [-0.05, 0) is 18.6 Å². The van der Waals surface area contributed by atoms with Crippen molar-refractivity contribution in [2.45, 2.75) is 19.8 Å². The second-order valence-corrected chi connectivity index (χ2v) is 3.90. The molecule has 19 heavy (non-hydrogen) atoms. The lowest BCUT2D eigenvalue weighted by Crippen LogP contribution is -2.03. The van der Waals surface area contributed by atoms with Gasteiger partial charge in [-0.2, -0.15) is 5.26 Å². The highest BCUT2D eigenvalue weighted by Gasteiger charge is 2.10. The molecule has 0 aliphatic carbocycles. The van der Waals surface area contributed by atoms with E-state index in [2.05, 4.69) is 11.7 Å². The minimum Gasteiger partial charge on any atom is -0.493 e. The van der Waals surface area contributed by atoms with E-state index in [4.69, 9.17) is 10.00 Å². The molecular weight excluding hydrogens is 242 g/mol. The quantitative estimate of drug-likeness (QED) is 0.341. The number of carbonyl (C=O) groups is 1. The molecule has 100 valence electrons. The summed E-state index contributed by atoms with van der Waals surface area (Å²) in [6, 6.07) is 9.11. The van der Waals surface area contributed by atoms with Crippen molar-refractivity contribution in [1.29, 1.82) is 5.26 Å². The molecule has 1 aromatic carbocycles. The van der Waals surface area contributed by atoms with E-state index in [1.165, 1.54) is 13.2 Å². The van der Waals surface area contributed by atoms with E-state index in [1.54, 1.807) is 6.07 Å². The standard InChI is InChI=1S/C15H17NO3/c1-3-4-9-19-14-8-6-5-7-12(14)10-13(11-16)15(17)18-2/h5-8,10H,3-4,9H2,1-2H3. The highest BCUT2D eigenvalue weighted by atomic mass is 16.5. The molecule has 0 aliphatic heterocycles. The molecule has 0 saturated carbocycles. The summed E-state index contributed by atoms with van der Waals surface area (Å²) in [5.74, 6) is 0.0125. The molecule has 0 aromatic heterocycles. The highest BCUT2D eigenvalue weighted by Crippen LogP contribution is 2.21. The van der Waals surface area contributed by atoms with Gasteiger partial charge < -0.3 is 9.47 Å². The number of nitriles is 1. The van der Waals surface area contributed by atoms with Gasteiger partial charge in [0.25, 0.3) is 0 Å². The average molecular weight is 259 g/mol. The molecule has 4 heteroatoms. The van der Waals surface area contributed by atoms with Crippen LogP contribution in [-0.4, -0.2) is 19.7 Å². The normalized spacial score (nSPS) is 10.7. The molecule has 0 radical (unpaired) electrons. The van der Waals surface area contributed by atoms with Crippen molar-refractivity contribution in [3.8, 4) is 11.8 Å². The maximum Gasteiger partial charge on any atom is 0.348 e. The lowest BCUT2D eigenvalue weighted by molar-refractivity contribution is -0.135. The summed E-state index contributed by atoms with van der Waals surface area (Å²) >= 11 is 0. The number of nitrogens with zero attached hydrogens (tertiary/aromatic N) is 1. The number of methoxy groups -OCH3 is 1. The van der Waals surface area contributed by atoms with Gasteiger partial charge in [0.05, 0.1) is 13.7 Å². The van der Waals surface area contributed by atoms with Crippen molar-refractivity contribution in [1.82, 2.24) is 0 Å². The van der Waals surface area contributed by atoms with Gasteiger partial charge in [0.1, 0.15) is 17.4 Å². The third-order valence-electron chi connectivity index (χ3n) is 2.50. The summed E-state index contributed by atoms with van der Waals surface area (Å²) in [6.45, 7) is 2.70. The Morgan fingerprint density at radius 3 is 2.79 bits per heavy atom. The van der Waals surface area contributed by atoms with Crippen molar-refractivity contribution < 1.29 is 14.3 Å². The van der Waals surface area contributed by atoms with Gasteiger partial charge >= 0.3 is 5.97 Å². The molecule has 0 unspecified atom stereocenters. The molecule has 1 aromatic rings. The third kappa shape index (κ3) is 4.47. The first-order chi connectivity index (χ1) is 9.22. The number of carbonyl (C=O) groups excluding carboxylic acids is 1. The van der Waals surface area contributed by atoms with Crippen LogP contribution in [0, 0.1) is 11.3 Å². The fourth-order valence-electron chi connectivity index (χ4n) is 1.46. The Labute approximate surface area is 113 Å². The van der Waals surface area contributed by atoms with Gasteiger partial charge in [-0.1, -0.05) is 31.5 Å². The van der Waals surface area contributed by atoms with E-state index in [1.807, 2.05) is 24.3 Å². The Hall–Kier alpha value is -2.28. The first-order valence-corrected chi connectivity index (χ1v) is 6.14. The van der Waals surface area contributed by atoms with E-state index >= 15 is 0 Å². The van der Waals surface area contributed by atoms with E-state index in [0.717, 1.165) is 12.8 Å². The number of unbranched alkanes of at least 4 members (excludes halogenated alkanes) is 1. The topological polar surface area (TPSA) is 59.3 Å². The monoisotopic (exact) mass is 259 g/mol. The van der Waals surface area contributed by atoms with Crippen LogP contribution in [-0.2, 0) is 9.53 Å². The molecule has 0 bridgehead atoms. The third-order valence-corrected chi connectivity index (χ3v) is 2.50. The predicted octanol–water partition coefficient (Wildman–Crippen LogP) is 2.95. The van der Waals surface area contributed by atoms with Gasteiger partial charge in [-0.3, -0.25) is 0 Å². The minimum absolute atomic E-state index is 0.0472. The summed E-state index contributed by atoms with van der Waals surface area (Å²) in [6.07, 6.45) is 3.48. The number of rotatable bonds is 6. The zero-order valence-corrected chi connectivity index (χ0v) is 11.2. The second kappa shape index (κ2) is 7.93. The van der Waals surface area contributed by atoms with E-state index in [9.17, 15) is 4.79 Å². The fraction of sp³-hybridized carbons (Fsp3) is 0.333. The minimum atomic E-state index is -0.647. The Bertz CT molecular complexity index is 500. The molecule has 0 amide bonds. The fourth-order valence-corrected chi connectivity index (χ4v) is 1.46. The number of para-hydroxylation sites is 1. The van der Waals surface area contributed by atoms with Crippen LogP contribution in [0.25, 0.3) is 6.08 Å². The van der Waals surface area contributed by atoms with Gasteiger partial charge in [0.15, 0.2) is 0 Å². The van der Waals surface area contributed by atoms with Crippen LogP contribution in [0.4, 0.5) is 0 Å². The molecule has 4 nitrogen and oxygen atoms in total. The Kier molecular flexibility index (Phi) is 6.17. The number of hydrogen-bond donors (Lipinski definition) is 0. The lowest BCUT2D eigenvalue weighted by Gasteiger charge is -2.08. The van der Waals surface area contributed by atoms with Crippen molar-refractivity contribution in [2.75, 3.05) is 13.7 Å². The van der Waals surface area contributed by atoms with Crippen molar-refractivity contribution in [3.05, 3.63) is 35.4 Å². The van der Waals surface area contributed by atoms with Crippen LogP contribution in [0.15, 0.2) is 29.8 Å². The number of esters is 1. The van der Waals surface area contributed by atoms with E-state index in [-0.39, 0.29) is 5.57 Å². The van der Waals surface area contributed by atoms with Crippen molar-refractivity contribution >= 4 is 12.0 Å². The number of hydrogen-bond acceptors (Lipinski definition) is 4. The van der Waals surface area contributed by atoms with E-state index < -0.39 is 5.97 Å². The molecule has 0 fully saturated rings. The zero-order chi connectivity index (χ0) is 14.1. The lowest BCUT2D eigenvalue weighted by atomic mass is 10.1. The highest BCUT2D eigenvalue weighted by molar-refractivity contribution is 5.98. The number of ether oxygens (including phenoxy) is 2.